The first-order valence-electron chi connectivity index (χ1n) is 6.86. The van der Waals surface area contributed by atoms with Gasteiger partial charge >= 0.3 is 0 Å². The van der Waals surface area contributed by atoms with Crippen molar-refractivity contribution in [1.82, 2.24) is 0 Å². The van der Waals surface area contributed by atoms with Gasteiger partial charge < -0.3 is 14.6 Å². The van der Waals surface area contributed by atoms with Gasteiger partial charge in [-0.2, -0.15) is 0 Å². The third-order valence-electron chi connectivity index (χ3n) is 3.34. The lowest BCUT2D eigenvalue weighted by Crippen LogP contribution is -2.15. The molecule has 0 fully saturated rings. The quantitative estimate of drug-likeness (QED) is 0.845. The molecule has 0 aliphatic heterocycles. The standard InChI is InChI=1S/C16H19NO5S/c1-11-4-6-14(12(8-11)10-18)17-23(19,20)16-9-13(21-2)5-7-15(16)22-3/h4-9,17-18H,10H2,1-3H3. The van der Waals surface area contributed by atoms with Gasteiger partial charge in [0, 0.05) is 11.6 Å². The molecule has 23 heavy (non-hydrogen) atoms. The van der Waals surface area contributed by atoms with Gasteiger partial charge in [-0.25, -0.2) is 8.42 Å². The van der Waals surface area contributed by atoms with Gasteiger partial charge in [0.05, 0.1) is 26.5 Å². The van der Waals surface area contributed by atoms with E-state index in [-0.39, 0.29) is 17.3 Å². The number of rotatable bonds is 6. The van der Waals surface area contributed by atoms with Crippen molar-refractivity contribution in [3.05, 3.63) is 47.5 Å². The van der Waals surface area contributed by atoms with Crippen molar-refractivity contribution < 1.29 is 23.0 Å². The molecule has 0 spiro atoms. The Hall–Kier alpha value is -2.25. The van der Waals surface area contributed by atoms with Crippen LogP contribution >= 0.6 is 0 Å². The largest absolute Gasteiger partial charge is 0.497 e. The molecule has 2 rings (SSSR count). The van der Waals surface area contributed by atoms with E-state index in [4.69, 9.17) is 9.47 Å². The highest BCUT2D eigenvalue weighted by molar-refractivity contribution is 7.92. The topological polar surface area (TPSA) is 84.9 Å². The van der Waals surface area contributed by atoms with E-state index in [0.29, 0.717) is 17.0 Å². The number of ether oxygens (including phenoxy) is 2. The van der Waals surface area contributed by atoms with Gasteiger partial charge in [-0.1, -0.05) is 17.7 Å². The monoisotopic (exact) mass is 337 g/mol. The summed E-state index contributed by atoms with van der Waals surface area (Å²) in [5, 5.41) is 9.41. The van der Waals surface area contributed by atoms with E-state index in [2.05, 4.69) is 4.72 Å². The van der Waals surface area contributed by atoms with Crippen molar-refractivity contribution in [1.29, 1.82) is 0 Å². The smallest absolute Gasteiger partial charge is 0.265 e. The molecule has 0 aliphatic carbocycles. The van der Waals surface area contributed by atoms with Crippen molar-refractivity contribution in [2.75, 3.05) is 18.9 Å². The average Bonchev–Trinajstić information content (AvgIpc) is 2.55. The molecule has 0 amide bonds. The Morgan fingerprint density at radius 2 is 1.83 bits per heavy atom. The fraction of sp³-hybridized carbons (Fsp3) is 0.250. The molecule has 0 aliphatic rings. The zero-order chi connectivity index (χ0) is 17.0. The van der Waals surface area contributed by atoms with Crippen molar-refractivity contribution >= 4 is 15.7 Å². The van der Waals surface area contributed by atoms with Crippen LogP contribution in [0.1, 0.15) is 11.1 Å². The van der Waals surface area contributed by atoms with Gasteiger partial charge in [0.2, 0.25) is 0 Å². The van der Waals surface area contributed by atoms with E-state index in [9.17, 15) is 13.5 Å². The van der Waals surface area contributed by atoms with E-state index in [1.807, 2.05) is 6.92 Å². The Kier molecular flexibility index (Phi) is 5.12. The lowest BCUT2D eigenvalue weighted by atomic mass is 10.1. The second-order valence-electron chi connectivity index (χ2n) is 4.94. The molecule has 0 saturated heterocycles. The van der Waals surface area contributed by atoms with Crippen molar-refractivity contribution in [3.8, 4) is 11.5 Å². The predicted molar refractivity (Wildman–Crippen MR) is 87.5 cm³/mol. The molecule has 0 saturated carbocycles. The highest BCUT2D eigenvalue weighted by atomic mass is 32.2. The van der Waals surface area contributed by atoms with Crippen LogP contribution < -0.4 is 14.2 Å². The zero-order valence-electron chi connectivity index (χ0n) is 13.2. The van der Waals surface area contributed by atoms with Crippen LogP contribution in [0.15, 0.2) is 41.3 Å². The van der Waals surface area contributed by atoms with Crippen LogP contribution in [-0.4, -0.2) is 27.7 Å². The number of nitrogens with one attached hydrogen (secondary N) is 1. The van der Waals surface area contributed by atoms with Crippen LogP contribution in [0.3, 0.4) is 0 Å². The second kappa shape index (κ2) is 6.89. The highest BCUT2D eigenvalue weighted by Crippen LogP contribution is 2.30. The molecule has 0 atom stereocenters. The number of aryl methyl sites for hydroxylation is 1. The first-order chi connectivity index (χ1) is 10.9. The lowest BCUT2D eigenvalue weighted by Gasteiger charge is -2.15. The number of methoxy groups -OCH3 is 2. The molecule has 0 heterocycles. The Morgan fingerprint density at radius 1 is 1.09 bits per heavy atom. The maximum atomic E-state index is 12.7. The van der Waals surface area contributed by atoms with Crippen molar-refractivity contribution in [3.63, 3.8) is 0 Å². The minimum absolute atomic E-state index is 0.0381. The predicted octanol–water partition coefficient (Wildman–Crippen LogP) is 2.31. The Morgan fingerprint density at radius 3 is 2.43 bits per heavy atom. The number of anilines is 1. The summed E-state index contributed by atoms with van der Waals surface area (Å²) in [5.41, 5.74) is 1.74. The van der Waals surface area contributed by atoms with Crippen LogP contribution in [0.5, 0.6) is 11.5 Å². The number of benzene rings is 2. The van der Waals surface area contributed by atoms with Gasteiger partial charge in [0.1, 0.15) is 16.4 Å². The number of hydrogen-bond donors (Lipinski definition) is 2. The summed E-state index contributed by atoms with van der Waals surface area (Å²) in [4.78, 5) is -0.0381. The molecular weight excluding hydrogens is 318 g/mol. The van der Waals surface area contributed by atoms with Gasteiger partial charge in [0.25, 0.3) is 10.0 Å². The van der Waals surface area contributed by atoms with Crippen molar-refractivity contribution in [2.24, 2.45) is 0 Å². The molecule has 0 unspecified atom stereocenters. The molecule has 0 radical (unpaired) electrons. The number of hydrogen-bond acceptors (Lipinski definition) is 5. The van der Waals surface area contributed by atoms with Crippen LogP contribution in [0.2, 0.25) is 0 Å². The number of aliphatic hydroxyl groups is 1. The van der Waals surface area contributed by atoms with E-state index >= 15 is 0 Å². The summed E-state index contributed by atoms with van der Waals surface area (Å²) in [5.74, 6) is 0.605. The summed E-state index contributed by atoms with van der Waals surface area (Å²) in [6.07, 6.45) is 0. The minimum atomic E-state index is -3.90. The maximum Gasteiger partial charge on any atom is 0.265 e. The summed E-state index contributed by atoms with van der Waals surface area (Å²) in [7, 11) is -1.05. The SMILES string of the molecule is COc1ccc(OC)c(S(=O)(=O)Nc2ccc(C)cc2CO)c1. The lowest BCUT2D eigenvalue weighted by molar-refractivity contribution is 0.282. The fourth-order valence-electron chi connectivity index (χ4n) is 2.15. The minimum Gasteiger partial charge on any atom is -0.497 e. The third-order valence-corrected chi connectivity index (χ3v) is 4.72. The van der Waals surface area contributed by atoms with Gasteiger partial charge in [-0.3, -0.25) is 4.72 Å². The van der Waals surface area contributed by atoms with Crippen LogP contribution in [0.4, 0.5) is 5.69 Å². The maximum absolute atomic E-state index is 12.7. The molecule has 0 bridgehead atoms. The first-order valence-corrected chi connectivity index (χ1v) is 8.35. The molecule has 2 aromatic carbocycles. The molecule has 2 aromatic rings. The van der Waals surface area contributed by atoms with Crippen molar-refractivity contribution in [2.45, 2.75) is 18.4 Å². The van der Waals surface area contributed by atoms with Gasteiger partial charge in [-0.05, 0) is 25.1 Å². The first kappa shape index (κ1) is 17.1. The van der Waals surface area contributed by atoms with Crippen LogP contribution in [-0.2, 0) is 16.6 Å². The summed E-state index contributed by atoms with van der Waals surface area (Å²) >= 11 is 0. The molecule has 124 valence electrons. The van der Waals surface area contributed by atoms with E-state index in [1.165, 1.54) is 26.4 Å². The second-order valence-corrected chi connectivity index (χ2v) is 6.59. The van der Waals surface area contributed by atoms with Crippen LogP contribution in [0, 0.1) is 6.92 Å². The van der Waals surface area contributed by atoms with E-state index in [1.54, 1.807) is 24.3 Å². The molecule has 7 heteroatoms. The van der Waals surface area contributed by atoms with Gasteiger partial charge in [-0.15, -0.1) is 0 Å². The Labute approximate surface area is 135 Å². The normalized spacial score (nSPS) is 11.1. The number of sulfonamides is 1. The Balaban J connectivity index is 2.47. The zero-order valence-corrected chi connectivity index (χ0v) is 14.0. The highest BCUT2D eigenvalue weighted by Gasteiger charge is 2.21. The van der Waals surface area contributed by atoms with E-state index in [0.717, 1.165) is 5.56 Å². The third kappa shape index (κ3) is 3.75. The molecular formula is C16H19NO5S. The molecule has 2 N–H and O–H groups in total. The fourth-order valence-corrected chi connectivity index (χ4v) is 3.43. The molecule has 0 aromatic heterocycles. The van der Waals surface area contributed by atoms with E-state index < -0.39 is 10.0 Å². The van der Waals surface area contributed by atoms with Crippen LogP contribution in [0.25, 0.3) is 0 Å². The Bertz CT molecular complexity index is 802. The number of aliphatic hydroxyl groups excluding tert-OH is 1. The van der Waals surface area contributed by atoms with Gasteiger partial charge in [0.15, 0.2) is 0 Å². The summed E-state index contributed by atoms with van der Waals surface area (Å²) in [6, 6.07) is 9.62. The summed E-state index contributed by atoms with van der Waals surface area (Å²) in [6.45, 7) is 1.59. The average molecular weight is 337 g/mol. The summed E-state index contributed by atoms with van der Waals surface area (Å²) < 4.78 is 38.0. The molecule has 6 nitrogen and oxygen atoms in total.